The molecule has 0 amide bonds. The Morgan fingerprint density at radius 2 is 2.06 bits per heavy atom. The maximum Gasteiger partial charge on any atom is 0.265 e. The highest BCUT2D eigenvalue weighted by Gasteiger charge is 2.15. The molecular weight excluding hydrogens is 228 g/mol. The summed E-state index contributed by atoms with van der Waals surface area (Å²) >= 11 is 0. The molecule has 0 atom stereocenters. The number of nitrogens with zero attached hydrogens (tertiary/aromatic N) is 4. The highest BCUT2D eigenvalue weighted by atomic mass is 32.2. The number of hydrogen-bond donors (Lipinski definition) is 0. The lowest BCUT2D eigenvalue weighted by Crippen LogP contribution is -1.96. The summed E-state index contributed by atoms with van der Waals surface area (Å²) in [6.07, 6.45) is 1.56. The van der Waals surface area contributed by atoms with Gasteiger partial charge in [0.1, 0.15) is 0 Å². The molecule has 0 aliphatic heterocycles. The largest absolute Gasteiger partial charge is 0.265 e. The van der Waals surface area contributed by atoms with Crippen LogP contribution >= 0.6 is 0 Å². The van der Waals surface area contributed by atoms with E-state index in [-0.39, 0.29) is 4.90 Å². The Morgan fingerprint density at radius 3 is 2.81 bits per heavy atom. The van der Waals surface area contributed by atoms with Crippen LogP contribution in [0.3, 0.4) is 0 Å². The summed E-state index contributed by atoms with van der Waals surface area (Å²) < 4.78 is 26.0. The van der Waals surface area contributed by atoms with Gasteiger partial charge in [0, 0.05) is 21.0 Å². The Hall–Kier alpha value is -2.11. The fourth-order valence-electron chi connectivity index (χ4n) is 1.39. The quantitative estimate of drug-likeness (QED) is 0.452. The second-order valence-corrected chi connectivity index (χ2v) is 4.53. The van der Waals surface area contributed by atoms with Crippen LogP contribution in [0, 0.1) is 0 Å². The van der Waals surface area contributed by atoms with Crippen molar-refractivity contribution in [1.82, 2.24) is 4.98 Å². The third kappa shape index (κ3) is 1.69. The molecule has 80 valence electrons. The van der Waals surface area contributed by atoms with Crippen LogP contribution in [0.1, 0.15) is 0 Å². The summed E-state index contributed by atoms with van der Waals surface area (Å²) in [6.45, 7) is 0. The zero-order valence-corrected chi connectivity index (χ0v) is 8.79. The van der Waals surface area contributed by atoms with Crippen molar-refractivity contribution in [2.24, 2.45) is 4.52 Å². The zero-order chi connectivity index (χ0) is 11.6. The van der Waals surface area contributed by atoms with Crippen LogP contribution in [0.25, 0.3) is 21.3 Å². The molecule has 0 N–H and O–H groups in total. The molecule has 7 heteroatoms. The molecule has 0 saturated carbocycles. The lowest BCUT2D eigenvalue weighted by Gasteiger charge is -2.02. The summed E-state index contributed by atoms with van der Waals surface area (Å²) in [7, 11) is -3.97. The Kier molecular flexibility index (Phi) is 2.47. The van der Waals surface area contributed by atoms with E-state index in [1.54, 1.807) is 30.5 Å². The Balaban J connectivity index is 2.85. The molecular formula is C9H6N4O2S. The maximum atomic E-state index is 11.6. The van der Waals surface area contributed by atoms with Gasteiger partial charge >= 0.3 is 0 Å². The predicted octanol–water partition coefficient (Wildman–Crippen LogP) is 2.23. The molecule has 0 aliphatic carbocycles. The molecule has 2 aromatic rings. The van der Waals surface area contributed by atoms with Crippen molar-refractivity contribution < 1.29 is 8.42 Å². The van der Waals surface area contributed by atoms with Crippen molar-refractivity contribution in [3.63, 3.8) is 0 Å². The van der Waals surface area contributed by atoms with E-state index in [4.69, 9.17) is 5.53 Å². The van der Waals surface area contributed by atoms with Crippen LogP contribution < -0.4 is 0 Å². The molecule has 16 heavy (non-hydrogen) atoms. The van der Waals surface area contributed by atoms with Gasteiger partial charge in [-0.2, -0.15) is 0 Å². The van der Waals surface area contributed by atoms with E-state index in [9.17, 15) is 8.42 Å². The number of rotatable bonds is 2. The number of benzene rings is 1. The van der Waals surface area contributed by atoms with Crippen molar-refractivity contribution >= 4 is 20.9 Å². The molecule has 0 unspecified atom stereocenters. The molecule has 0 fully saturated rings. The Labute approximate surface area is 91.2 Å². The second-order valence-electron chi connectivity index (χ2n) is 2.97. The molecule has 0 aliphatic rings. The van der Waals surface area contributed by atoms with Gasteiger partial charge in [-0.3, -0.25) is 4.98 Å². The van der Waals surface area contributed by atoms with Gasteiger partial charge in [-0.1, -0.05) is 6.07 Å². The first-order valence-corrected chi connectivity index (χ1v) is 5.74. The normalized spacial score (nSPS) is 11.0. The Bertz CT molecular complexity index is 684. The summed E-state index contributed by atoms with van der Waals surface area (Å²) in [5.41, 5.74) is 8.74. The fraction of sp³-hybridized carbons (Fsp3) is 0. The van der Waals surface area contributed by atoms with E-state index in [1.807, 2.05) is 0 Å². The third-order valence-electron chi connectivity index (χ3n) is 2.03. The monoisotopic (exact) mass is 234 g/mol. The van der Waals surface area contributed by atoms with E-state index in [0.717, 1.165) is 0 Å². The average Bonchev–Trinajstić information content (AvgIpc) is 2.28. The molecule has 6 nitrogen and oxygen atoms in total. The van der Waals surface area contributed by atoms with Gasteiger partial charge < -0.3 is 0 Å². The molecule has 0 saturated heterocycles. The first-order chi connectivity index (χ1) is 7.65. The minimum absolute atomic E-state index is 0.0316. The van der Waals surface area contributed by atoms with Crippen LogP contribution in [0.2, 0.25) is 0 Å². The highest BCUT2D eigenvalue weighted by Crippen LogP contribution is 2.22. The van der Waals surface area contributed by atoms with E-state index < -0.39 is 10.0 Å². The van der Waals surface area contributed by atoms with Gasteiger partial charge in [0.15, 0.2) is 0 Å². The molecule has 0 spiro atoms. The number of sulfonamides is 1. The Morgan fingerprint density at radius 1 is 1.25 bits per heavy atom. The molecule has 1 aromatic carbocycles. The zero-order valence-electron chi connectivity index (χ0n) is 7.98. The van der Waals surface area contributed by atoms with E-state index in [2.05, 4.69) is 14.4 Å². The van der Waals surface area contributed by atoms with Crippen LogP contribution in [-0.2, 0) is 10.0 Å². The van der Waals surface area contributed by atoms with Gasteiger partial charge in [0.25, 0.3) is 10.0 Å². The lowest BCUT2D eigenvalue weighted by molar-refractivity contribution is 0.598. The third-order valence-corrected chi connectivity index (χ3v) is 3.23. The van der Waals surface area contributed by atoms with Gasteiger partial charge in [0.2, 0.25) is 0 Å². The number of pyridine rings is 1. The van der Waals surface area contributed by atoms with Gasteiger partial charge in [-0.15, -0.1) is 0 Å². The van der Waals surface area contributed by atoms with Crippen molar-refractivity contribution in [3.8, 4) is 0 Å². The van der Waals surface area contributed by atoms with Crippen molar-refractivity contribution in [3.05, 3.63) is 47.0 Å². The molecule has 1 aromatic heterocycles. The van der Waals surface area contributed by atoms with E-state index in [0.29, 0.717) is 10.9 Å². The highest BCUT2D eigenvalue weighted by molar-refractivity contribution is 7.90. The van der Waals surface area contributed by atoms with Crippen LogP contribution in [0.15, 0.2) is 45.9 Å². The van der Waals surface area contributed by atoms with Crippen molar-refractivity contribution in [1.29, 1.82) is 0 Å². The summed E-state index contributed by atoms with van der Waals surface area (Å²) in [4.78, 5) is 6.29. The standard InChI is InChI=1S/C9H6N4O2S/c10-12-13-16(14,15)9-5-1-4-8-7(9)3-2-6-11-8/h1-6H. The predicted molar refractivity (Wildman–Crippen MR) is 58.1 cm³/mol. The summed E-state index contributed by atoms with van der Waals surface area (Å²) in [5.74, 6) is 0. The van der Waals surface area contributed by atoms with Gasteiger partial charge in [-0.05, 0) is 29.8 Å². The minimum Gasteiger partial charge on any atom is -0.256 e. The first-order valence-electron chi connectivity index (χ1n) is 4.30. The van der Waals surface area contributed by atoms with Crippen LogP contribution in [0.5, 0.6) is 0 Å². The molecule has 0 radical (unpaired) electrons. The maximum absolute atomic E-state index is 11.6. The van der Waals surface area contributed by atoms with Crippen molar-refractivity contribution in [2.75, 3.05) is 0 Å². The van der Waals surface area contributed by atoms with E-state index in [1.165, 1.54) is 6.07 Å². The molecule has 1 heterocycles. The van der Waals surface area contributed by atoms with Gasteiger partial charge in [0.05, 0.1) is 10.4 Å². The second kappa shape index (κ2) is 3.80. The summed E-state index contributed by atoms with van der Waals surface area (Å²) in [6, 6.07) is 7.85. The SMILES string of the molecule is [N-]=[N+]=NS(=O)(=O)c1cccc2ncccc12. The van der Waals surface area contributed by atoms with Gasteiger partial charge in [-0.25, -0.2) is 8.42 Å². The first kappa shape index (κ1) is 10.4. The molecule has 0 bridgehead atoms. The lowest BCUT2D eigenvalue weighted by atomic mass is 10.2. The number of hydrogen-bond acceptors (Lipinski definition) is 3. The number of fused-ring (bicyclic) bond motifs is 1. The van der Waals surface area contributed by atoms with Crippen molar-refractivity contribution in [2.45, 2.75) is 4.90 Å². The number of azide groups is 1. The fourth-order valence-corrected chi connectivity index (χ4v) is 2.28. The summed E-state index contributed by atoms with van der Waals surface area (Å²) in [5, 5.41) is 0.442. The molecule has 2 rings (SSSR count). The number of aromatic nitrogens is 1. The smallest absolute Gasteiger partial charge is 0.256 e. The van der Waals surface area contributed by atoms with E-state index >= 15 is 0 Å². The van der Waals surface area contributed by atoms with Crippen LogP contribution in [0.4, 0.5) is 0 Å². The topological polar surface area (TPSA) is 95.8 Å². The minimum atomic E-state index is -3.97. The average molecular weight is 234 g/mol. The van der Waals surface area contributed by atoms with Crippen LogP contribution in [-0.4, -0.2) is 13.4 Å².